The molecule has 1 fully saturated rings. The van der Waals surface area contributed by atoms with Gasteiger partial charge in [-0.1, -0.05) is 12.1 Å². The van der Waals surface area contributed by atoms with Crippen molar-refractivity contribution in [2.45, 2.75) is 18.8 Å². The number of alkyl halides is 3. The van der Waals surface area contributed by atoms with E-state index in [-0.39, 0.29) is 25.6 Å². The third-order valence-electron chi connectivity index (χ3n) is 4.26. The molecular weight excluding hydrogens is 365 g/mol. The molecule has 2 heterocycles. The lowest BCUT2D eigenvalue weighted by atomic mass is 10.1. The third kappa shape index (κ3) is 4.98. The van der Waals surface area contributed by atoms with Crippen molar-refractivity contribution >= 4 is 11.8 Å². The Balaban J connectivity index is 1.56. The quantitative estimate of drug-likeness (QED) is 0.737. The molecule has 146 valence electrons. The maximum atomic E-state index is 12.6. The zero-order valence-corrected chi connectivity index (χ0v) is 14.2. The molecule has 1 aliphatic heterocycles. The summed E-state index contributed by atoms with van der Waals surface area (Å²) >= 11 is 0. The minimum absolute atomic E-state index is 0.159. The van der Waals surface area contributed by atoms with Crippen molar-refractivity contribution in [3.63, 3.8) is 0 Å². The molecule has 0 unspecified atom stereocenters. The molecular formula is C17H19F3N4O3. The van der Waals surface area contributed by atoms with Gasteiger partial charge in [-0.15, -0.1) is 0 Å². The van der Waals surface area contributed by atoms with Gasteiger partial charge in [-0.3, -0.25) is 5.32 Å². The van der Waals surface area contributed by atoms with Crippen LogP contribution in [0.5, 0.6) is 0 Å². The van der Waals surface area contributed by atoms with Crippen LogP contribution in [-0.2, 0) is 17.5 Å². The number of nitrogens with zero attached hydrogens (tertiary/aromatic N) is 2. The Kier molecular flexibility index (Phi) is 5.66. The smallest absolute Gasteiger partial charge is 0.390 e. The van der Waals surface area contributed by atoms with E-state index in [2.05, 4.69) is 15.7 Å². The lowest BCUT2D eigenvalue weighted by Crippen LogP contribution is -2.37. The summed E-state index contributed by atoms with van der Waals surface area (Å²) in [7, 11) is 0. The Bertz CT molecular complexity index is 776. The first-order chi connectivity index (χ1) is 12.8. The zero-order valence-electron chi connectivity index (χ0n) is 14.2. The molecule has 2 amide bonds. The second-order valence-corrected chi connectivity index (χ2v) is 6.27. The first-order valence-corrected chi connectivity index (χ1v) is 8.31. The molecule has 2 atom stereocenters. The maximum Gasteiger partial charge on any atom is 0.416 e. The van der Waals surface area contributed by atoms with Gasteiger partial charge in [0.2, 0.25) is 0 Å². The highest BCUT2D eigenvalue weighted by molar-refractivity contribution is 5.88. The van der Waals surface area contributed by atoms with Crippen molar-refractivity contribution in [2.24, 2.45) is 5.92 Å². The number of halogens is 3. The predicted octanol–water partition coefficient (Wildman–Crippen LogP) is 2.08. The van der Waals surface area contributed by atoms with E-state index in [1.54, 1.807) is 6.07 Å². The lowest BCUT2D eigenvalue weighted by Gasteiger charge is -2.14. The Morgan fingerprint density at radius 2 is 2.00 bits per heavy atom. The number of aliphatic hydroxyl groups excluding tert-OH is 1. The number of nitrogens with one attached hydrogen (secondary N) is 2. The Hall–Kier alpha value is -2.59. The second-order valence-electron chi connectivity index (χ2n) is 6.27. The first kappa shape index (κ1) is 19.2. The van der Waals surface area contributed by atoms with E-state index in [0.717, 1.165) is 12.1 Å². The molecule has 3 rings (SSSR count). The van der Waals surface area contributed by atoms with Gasteiger partial charge >= 0.3 is 12.2 Å². The van der Waals surface area contributed by atoms with Crippen molar-refractivity contribution in [1.29, 1.82) is 0 Å². The zero-order chi connectivity index (χ0) is 19.4. The van der Waals surface area contributed by atoms with Gasteiger partial charge in [-0.05, 0) is 17.7 Å². The van der Waals surface area contributed by atoms with Crippen LogP contribution >= 0.6 is 0 Å². The average molecular weight is 384 g/mol. The van der Waals surface area contributed by atoms with E-state index in [4.69, 9.17) is 4.74 Å². The van der Waals surface area contributed by atoms with Gasteiger partial charge in [-0.25, -0.2) is 9.48 Å². The van der Waals surface area contributed by atoms with Gasteiger partial charge in [0.1, 0.15) is 5.82 Å². The van der Waals surface area contributed by atoms with Crippen LogP contribution in [0.15, 0.2) is 36.5 Å². The summed E-state index contributed by atoms with van der Waals surface area (Å²) in [5.74, 6) is 0.239. The van der Waals surface area contributed by atoms with Crippen LogP contribution in [0.4, 0.5) is 23.8 Å². The minimum Gasteiger partial charge on any atom is -0.390 e. The average Bonchev–Trinajstić information content (AvgIpc) is 3.22. The predicted molar refractivity (Wildman–Crippen MR) is 90.1 cm³/mol. The Labute approximate surface area is 153 Å². The van der Waals surface area contributed by atoms with E-state index in [1.807, 2.05) is 0 Å². The van der Waals surface area contributed by atoms with Crippen molar-refractivity contribution in [3.8, 4) is 0 Å². The van der Waals surface area contributed by atoms with Crippen LogP contribution in [0.25, 0.3) is 0 Å². The second kappa shape index (κ2) is 7.97. The number of aromatic nitrogens is 2. The molecule has 0 bridgehead atoms. The monoisotopic (exact) mass is 384 g/mol. The first-order valence-electron chi connectivity index (χ1n) is 8.31. The van der Waals surface area contributed by atoms with E-state index < -0.39 is 23.9 Å². The highest BCUT2D eigenvalue weighted by Crippen LogP contribution is 2.29. The summed E-state index contributed by atoms with van der Waals surface area (Å²) in [5, 5.41) is 19.0. The van der Waals surface area contributed by atoms with Gasteiger partial charge in [-0.2, -0.15) is 18.3 Å². The summed E-state index contributed by atoms with van der Waals surface area (Å²) < 4.78 is 44.4. The van der Waals surface area contributed by atoms with Crippen LogP contribution < -0.4 is 10.6 Å². The summed E-state index contributed by atoms with van der Waals surface area (Å²) in [5.41, 5.74) is -0.107. The van der Waals surface area contributed by atoms with E-state index in [9.17, 15) is 23.1 Å². The van der Waals surface area contributed by atoms with Crippen molar-refractivity contribution < 1.29 is 27.8 Å². The fourth-order valence-electron chi connectivity index (χ4n) is 2.70. The topological polar surface area (TPSA) is 88.4 Å². The molecule has 27 heavy (non-hydrogen) atoms. The van der Waals surface area contributed by atoms with E-state index in [1.165, 1.54) is 23.0 Å². The van der Waals surface area contributed by atoms with Gasteiger partial charge < -0.3 is 15.2 Å². The van der Waals surface area contributed by atoms with Crippen LogP contribution in [0.2, 0.25) is 0 Å². The molecule has 3 N–H and O–H groups in total. The lowest BCUT2D eigenvalue weighted by molar-refractivity contribution is -0.137. The summed E-state index contributed by atoms with van der Waals surface area (Å²) in [6.45, 7) is 1.11. The number of amides is 2. The molecule has 0 saturated carbocycles. The van der Waals surface area contributed by atoms with Crippen LogP contribution in [0.3, 0.4) is 0 Å². The number of rotatable bonds is 5. The molecule has 2 aromatic rings. The summed E-state index contributed by atoms with van der Waals surface area (Å²) in [4.78, 5) is 12.0. The number of carbonyl (C=O) groups is 1. The summed E-state index contributed by atoms with van der Waals surface area (Å²) in [6, 6.07) is 5.87. The van der Waals surface area contributed by atoms with Crippen molar-refractivity contribution in [3.05, 3.63) is 47.7 Å². The molecule has 1 aliphatic rings. The largest absolute Gasteiger partial charge is 0.416 e. The van der Waals surface area contributed by atoms with Crippen LogP contribution in [-0.4, -0.2) is 46.8 Å². The normalized spacial score (nSPS) is 19.9. The molecule has 1 aromatic heterocycles. The van der Waals surface area contributed by atoms with Gasteiger partial charge in [0.15, 0.2) is 0 Å². The number of urea groups is 1. The molecule has 7 nitrogen and oxygen atoms in total. The maximum absolute atomic E-state index is 12.6. The standard InChI is InChI=1S/C17H19F3N4O3/c18-17(19,20)13-3-1-11(2-4-13)8-24-15(5-6-22-24)23-16(26)21-7-12-9-27-10-14(12)25/h1-6,12,14,25H,7-10H2,(H2,21,23,26)/t12-,14+/m0/s1. The van der Waals surface area contributed by atoms with E-state index in [0.29, 0.717) is 18.0 Å². The Morgan fingerprint density at radius 3 is 2.63 bits per heavy atom. The highest BCUT2D eigenvalue weighted by Gasteiger charge is 2.30. The molecule has 1 saturated heterocycles. The molecule has 10 heteroatoms. The number of hydrogen-bond donors (Lipinski definition) is 3. The van der Waals surface area contributed by atoms with Gasteiger partial charge in [0.05, 0.1) is 37.6 Å². The van der Waals surface area contributed by atoms with Gasteiger partial charge in [0.25, 0.3) is 0 Å². The molecule has 0 radical (unpaired) electrons. The van der Waals surface area contributed by atoms with Crippen molar-refractivity contribution in [1.82, 2.24) is 15.1 Å². The number of hydrogen-bond acceptors (Lipinski definition) is 4. The fraction of sp³-hybridized carbons (Fsp3) is 0.412. The highest BCUT2D eigenvalue weighted by atomic mass is 19.4. The minimum atomic E-state index is -4.38. The number of aliphatic hydroxyl groups is 1. The van der Waals surface area contributed by atoms with Crippen LogP contribution in [0, 0.1) is 5.92 Å². The Morgan fingerprint density at radius 1 is 1.26 bits per heavy atom. The summed E-state index contributed by atoms with van der Waals surface area (Å²) in [6.07, 6.45) is -3.50. The SMILES string of the molecule is O=C(NC[C@H]1COC[C@H]1O)Nc1ccnn1Cc1ccc(C(F)(F)F)cc1. The van der Waals surface area contributed by atoms with E-state index >= 15 is 0 Å². The molecule has 1 aromatic carbocycles. The number of benzene rings is 1. The van der Waals surface area contributed by atoms with Crippen molar-refractivity contribution in [2.75, 3.05) is 25.1 Å². The fourth-order valence-corrected chi connectivity index (χ4v) is 2.70. The number of anilines is 1. The van der Waals surface area contributed by atoms with Crippen LogP contribution in [0.1, 0.15) is 11.1 Å². The number of ether oxygens (including phenoxy) is 1. The third-order valence-corrected chi connectivity index (χ3v) is 4.26. The molecule has 0 spiro atoms. The number of carbonyl (C=O) groups excluding carboxylic acids is 1. The molecule has 0 aliphatic carbocycles. The van der Waals surface area contributed by atoms with Gasteiger partial charge in [0, 0.05) is 18.5 Å².